The van der Waals surface area contributed by atoms with Gasteiger partial charge in [-0.3, -0.25) is 4.79 Å². The van der Waals surface area contributed by atoms with Gasteiger partial charge in [-0.1, -0.05) is 6.07 Å². The number of anilines is 2. The van der Waals surface area contributed by atoms with Crippen LogP contribution in [0.15, 0.2) is 36.4 Å². The number of amides is 1. The van der Waals surface area contributed by atoms with Gasteiger partial charge in [-0.2, -0.15) is 0 Å². The number of carbonyl (C=O) groups excluding carboxylic acids is 1. The number of phenolic OH excluding ortho intramolecular Hbond substituents is 1. The van der Waals surface area contributed by atoms with Crippen LogP contribution in [0.2, 0.25) is 0 Å². The number of phenols is 1. The van der Waals surface area contributed by atoms with Gasteiger partial charge in [0.05, 0.1) is 0 Å². The summed E-state index contributed by atoms with van der Waals surface area (Å²) in [6.07, 6.45) is 0. The van der Waals surface area contributed by atoms with Crippen LogP contribution in [0.1, 0.15) is 21.5 Å². The second-order valence-corrected chi connectivity index (χ2v) is 4.48. The molecule has 0 radical (unpaired) electrons. The number of aryl methyl sites for hydroxylation is 1. The SMILES string of the molecule is Cc1ccc(NC(=O)c2ccc(N)cc2)c(C)c1O. The number of hydrogen-bond donors (Lipinski definition) is 3. The predicted molar refractivity (Wildman–Crippen MR) is 76.4 cm³/mol. The van der Waals surface area contributed by atoms with Crippen LogP contribution in [0.4, 0.5) is 11.4 Å². The maximum Gasteiger partial charge on any atom is 0.255 e. The molecule has 1 amide bonds. The molecular formula is C15H16N2O2. The van der Waals surface area contributed by atoms with Crippen molar-refractivity contribution >= 4 is 17.3 Å². The fraction of sp³-hybridized carbons (Fsp3) is 0.133. The number of nitrogens with one attached hydrogen (secondary N) is 1. The molecule has 2 rings (SSSR count). The number of carbonyl (C=O) groups is 1. The van der Waals surface area contributed by atoms with Gasteiger partial charge in [-0.05, 0) is 49.7 Å². The number of aromatic hydroxyl groups is 1. The summed E-state index contributed by atoms with van der Waals surface area (Å²) in [7, 11) is 0. The first kappa shape index (κ1) is 13.0. The highest BCUT2D eigenvalue weighted by Gasteiger charge is 2.10. The van der Waals surface area contributed by atoms with Crippen molar-refractivity contribution in [3.63, 3.8) is 0 Å². The molecule has 4 N–H and O–H groups in total. The molecule has 0 fully saturated rings. The summed E-state index contributed by atoms with van der Waals surface area (Å²) in [4.78, 5) is 12.0. The average molecular weight is 256 g/mol. The fourth-order valence-corrected chi connectivity index (χ4v) is 1.80. The third-order valence-corrected chi connectivity index (χ3v) is 3.05. The molecule has 4 nitrogen and oxygen atoms in total. The van der Waals surface area contributed by atoms with Gasteiger partial charge in [0, 0.05) is 22.5 Å². The van der Waals surface area contributed by atoms with Gasteiger partial charge < -0.3 is 16.2 Å². The molecule has 0 aliphatic carbocycles. The molecule has 98 valence electrons. The van der Waals surface area contributed by atoms with E-state index in [0.29, 0.717) is 22.5 Å². The van der Waals surface area contributed by atoms with Crippen molar-refractivity contribution < 1.29 is 9.90 Å². The van der Waals surface area contributed by atoms with Crippen LogP contribution >= 0.6 is 0 Å². The number of hydrogen-bond acceptors (Lipinski definition) is 3. The van der Waals surface area contributed by atoms with Crippen molar-refractivity contribution in [1.29, 1.82) is 0 Å². The number of nitrogens with two attached hydrogens (primary N) is 1. The topological polar surface area (TPSA) is 75.4 Å². The van der Waals surface area contributed by atoms with Crippen LogP contribution in [-0.2, 0) is 0 Å². The highest BCUT2D eigenvalue weighted by atomic mass is 16.3. The van der Waals surface area contributed by atoms with E-state index in [9.17, 15) is 9.90 Å². The number of rotatable bonds is 2. The maximum atomic E-state index is 12.0. The van der Waals surface area contributed by atoms with E-state index in [1.165, 1.54) is 0 Å². The lowest BCUT2D eigenvalue weighted by Gasteiger charge is -2.11. The van der Waals surface area contributed by atoms with E-state index in [-0.39, 0.29) is 11.7 Å². The largest absolute Gasteiger partial charge is 0.507 e. The lowest BCUT2D eigenvalue weighted by Crippen LogP contribution is -2.12. The summed E-state index contributed by atoms with van der Waals surface area (Å²) in [5.41, 5.74) is 8.75. The highest BCUT2D eigenvalue weighted by Crippen LogP contribution is 2.28. The minimum Gasteiger partial charge on any atom is -0.507 e. The lowest BCUT2D eigenvalue weighted by molar-refractivity contribution is 0.102. The molecular weight excluding hydrogens is 240 g/mol. The summed E-state index contributed by atoms with van der Waals surface area (Å²) in [6.45, 7) is 3.58. The monoisotopic (exact) mass is 256 g/mol. The van der Waals surface area contributed by atoms with Crippen LogP contribution < -0.4 is 11.1 Å². The van der Waals surface area contributed by atoms with Crippen molar-refractivity contribution in [2.45, 2.75) is 13.8 Å². The molecule has 2 aromatic carbocycles. The third-order valence-electron chi connectivity index (χ3n) is 3.05. The molecule has 0 bridgehead atoms. The zero-order chi connectivity index (χ0) is 14.0. The molecule has 4 heteroatoms. The molecule has 0 aliphatic heterocycles. The Morgan fingerprint density at radius 1 is 1.11 bits per heavy atom. The van der Waals surface area contributed by atoms with Crippen molar-refractivity contribution in [1.82, 2.24) is 0 Å². The van der Waals surface area contributed by atoms with Crippen molar-refractivity contribution in [3.8, 4) is 5.75 Å². The van der Waals surface area contributed by atoms with E-state index in [1.807, 2.05) is 6.92 Å². The van der Waals surface area contributed by atoms with Crippen LogP contribution in [0.3, 0.4) is 0 Å². The molecule has 0 aromatic heterocycles. The van der Waals surface area contributed by atoms with Crippen LogP contribution in [0, 0.1) is 13.8 Å². The normalized spacial score (nSPS) is 10.2. The fourth-order valence-electron chi connectivity index (χ4n) is 1.80. The van der Waals surface area contributed by atoms with E-state index in [1.54, 1.807) is 43.3 Å². The van der Waals surface area contributed by atoms with E-state index in [0.717, 1.165) is 5.56 Å². The Morgan fingerprint density at radius 2 is 1.74 bits per heavy atom. The van der Waals surface area contributed by atoms with Gasteiger partial charge in [-0.15, -0.1) is 0 Å². The standard InChI is InChI=1S/C15H16N2O2/c1-9-3-8-13(10(2)14(9)18)17-15(19)11-4-6-12(16)7-5-11/h3-8,18H,16H2,1-2H3,(H,17,19). The minimum absolute atomic E-state index is 0.204. The Kier molecular flexibility index (Phi) is 3.42. The zero-order valence-electron chi connectivity index (χ0n) is 10.9. The van der Waals surface area contributed by atoms with Gasteiger partial charge in [0.25, 0.3) is 5.91 Å². The van der Waals surface area contributed by atoms with E-state index >= 15 is 0 Å². The maximum absolute atomic E-state index is 12.0. The lowest BCUT2D eigenvalue weighted by atomic mass is 10.1. The second-order valence-electron chi connectivity index (χ2n) is 4.48. The van der Waals surface area contributed by atoms with Crippen LogP contribution in [0.5, 0.6) is 5.75 Å². The Balaban J connectivity index is 2.24. The summed E-state index contributed by atoms with van der Waals surface area (Å²) in [5.74, 6) is -0.0264. The van der Waals surface area contributed by atoms with Gasteiger partial charge in [0.1, 0.15) is 5.75 Å². The quantitative estimate of drug-likeness (QED) is 0.723. The number of benzene rings is 2. The zero-order valence-corrected chi connectivity index (χ0v) is 10.9. The van der Waals surface area contributed by atoms with E-state index in [4.69, 9.17) is 5.73 Å². The van der Waals surface area contributed by atoms with Crippen LogP contribution in [0.25, 0.3) is 0 Å². The van der Waals surface area contributed by atoms with Gasteiger partial charge >= 0.3 is 0 Å². The smallest absolute Gasteiger partial charge is 0.255 e. The predicted octanol–water partition coefficient (Wildman–Crippen LogP) is 2.84. The molecule has 0 atom stereocenters. The summed E-state index contributed by atoms with van der Waals surface area (Å²) >= 11 is 0. The first-order chi connectivity index (χ1) is 8.99. The van der Waals surface area contributed by atoms with Gasteiger partial charge in [0.15, 0.2) is 0 Å². The Labute approximate surface area is 111 Å². The minimum atomic E-state index is -0.230. The molecule has 0 saturated carbocycles. The number of nitrogen functional groups attached to an aromatic ring is 1. The Bertz CT molecular complexity index is 619. The molecule has 19 heavy (non-hydrogen) atoms. The molecule has 0 heterocycles. The molecule has 0 spiro atoms. The summed E-state index contributed by atoms with van der Waals surface area (Å²) < 4.78 is 0. The second kappa shape index (κ2) is 5.02. The molecule has 0 unspecified atom stereocenters. The third kappa shape index (κ3) is 2.68. The highest BCUT2D eigenvalue weighted by molar-refractivity contribution is 6.05. The van der Waals surface area contributed by atoms with E-state index in [2.05, 4.69) is 5.32 Å². The average Bonchev–Trinajstić information content (AvgIpc) is 2.40. The summed E-state index contributed by atoms with van der Waals surface area (Å²) in [5, 5.41) is 12.6. The van der Waals surface area contributed by atoms with Crippen molar-refractivity contribution in [2.24, 2.45) is 0 Å². The molecule has 0 saturated heterocycles. The Morgan fingerprint density at radius 3 is 2.37 bits per heavy atom. The summed E-state index contributed by atoms with van der Waals surface area (Å²) in [6, 6.07) is 10.2. The Hall–Kier alpha value is -2.49. The first-order valence-corrected chi connectivity index (χ1v) is 5.95. The molecule has 0 aliphatic rings. The van der Waals surface area contributed by atoms with Gasteiger partial charge in [0.2, 0.25) is 0 Å². The first-order valence-electron chi connectivity index (χ1n) is 5.95. The van der Waals surface area contributed by atoms with E-state index < -0.39 is 0 Å². The van der Waals surface area contributed by atoms with Crippen molar-refractivity contribution in [2.75, 3.05) is 11.1 Å². The molecule has 2 aromatic rings. The van der Waals surface area contributed by atoms with Gasteiger partial charge in [-0.25, -0.2) is 0 Å². The van der Waals surface area contributed by atoms with Crippen LogP contribution in [-0.4, -0.2) is 11.0 Å². The van der Waals surface area contributed by atoms with Crippen molar-refractivity contribution in [3.05, 3.63) is 53.1 Å².